The Kier molecular flexibility index (Phi) is 6.98. The molecule has 0 saturated heterocycles. The second-order valence-electron chi connectivity index (χ2n) is 15.2. The molecule has 0 heterocycles. The summed E-state index contributed by atoms with van der Waals surface area (Å²) in [7, 11) is 1.61. The van der Waals surface area contributed by atoms with Crippen molar-refractivity contribution in [3.05, 3.63) is 11.6 Å². The van der Waals surface area contributed by atoms with Crippen LogP contribution in [0.3, 0.4) is 0 Å². The predicted octanol–water partition coefficient (Wildman–Crippen LogP) is 7.40. The van der Waals surface area contributed by atoms with Crippen LogP contribution in [0, 0.1) is 51.2 Å². The van der Waals surface area contributed by atoms with E-state index < -0.39 is 17.8 Å². The fraction of sp³-hybridized carbons (Fsp3) is 0.938. The molecular formula is C32H56O3. The fourth-order valence-electron chi connectivity index (χ4n) is 10.1. The minimum Gasteiger partial charge on any atom is -0.390 e. The van der Waals surface area contributed by atoms with Crippen molar-refractivity contribution in [1.82, 2.24) is 0 Å². The highest BCUT2D eigenvalue weighted by Gasteiger charge is 2.65. The minimum absolute atomic E-state index is 0.255. The van der Waals surface area contributed by atoms with Crippen molar-refractivity contribution < 1.29 is 14.9 Å². The molecule has 3 saturated carbocycles. The van der Waals surface area contributed by atoms with Crippen LogP contribution in [0.25, 0.3) is 0 Å². The van der Waals surface area contributed by atoms with Crippen LogP contribution >= 0.6 is 0 Å². The first kappa shape index (κ1) is 27.6. The van der Waals surface area contributed by atoms with E-state index in [2.05, 4.69) is 54.5 Å². The van der Waals surface area contributed by atoms with Gasteiger partial charge in [-0.3, -0.25) is 0 Å². The summed E-state index contributed by atoms with van der Waals surface area (Å²) in [5.41, 5.74) is 2.42. The molecule has 2 unspecified atom stereocenters. The van der Waals surface area contributed by atoms with Gasteiger partial charge in [-0.1, -0.05) is 60.1 Å². The molecular weight excluding hydrogens is 432 g/mol. The number of methoxy groups -OCH3 is 1. The molecule has 4 aliphatic rings. The fourth-order valence-corrected chi connectivity index (χ4v) is 10.1. The summed E-state index contributed by atoms with van der Waals surface area (Å²) in [4.78, 5) is 0. The number of hydrogen-bond donors (Lipinski definition) is 2. The molecule has 2 N–H and O–H groups in total. The SMILES string of the molecule is COC(C)(C)[C@H](O)[C@H](O)C[C@H](C)[C@@H]1CC[C@]2(C)C3=CCC4C(C)(C)[C@H](C)CC[C@]4(C)C3CC[C@@]12C. The largest absolute Gasteiger partial charge is 0.390 e. The Balaban J connectivity index is 1.58. The van der Waals surface area contributed by atoms with Gasteiger partial charge >= 0.3 is 0 Å². The van der Waals surface area contributed by atoms with Gasteiger partial charge in [0.2, 0.25) is 0 Å². The van der Waals surface area contributed by atoms with Gasteiger partial charge in [-0.25, -0.2) is 0 Å². The highest BCUT2D eigenvalue weighted by molar-refractivity contribution is 5.33. The molecule has 10 atom stereocenters. The Morgan fingerprint density at radius 2 is 1.69 bits per heavy atom. The number of fused-ring (bicyclic) bond motifs is 5. The van der Waals surface area contributed by atoms with Crippen LogP contribution < -0.4 is 0 Å². The molecule has 35 heavy (non-hydrogen) atoms. The Morgan fingerprint density at radius 1 is 1.03 bits per heavy atom. The van der Waals surface area contributed by atoms with Gasteiger partial charge in [0.25, 0.3) is 0 Å². The van der Waals surface area contributed by atoms with Crippen molar-refractivity contribution in [1.29, 1.82) is 0 Å². The molecule has 0 aromatic heterocycles. The number of ether oxygens (including phenoxy) is 1. The molecule has 0 spiro atoms. The van der Waals surface area contributed by atoms with Crippen LogP contribution in [0.4, 0.5) is 0 Å². The van der Waals surface area contributed by atoms with E-state index >= 15 is 0 Å². The van der Waals surface area contributed by atoms with Crippen molar-refractivity contribution in [3.8, 4) is 0 Å². The highest BCUT2D eigenvalue weighted by atomic mass is 16.5. The molecule has 0 amide bonds. The summed E-state index contributed by atoms with van der Waals surface area (Å²) in [5.74, 6) is 3.28. The molecule has 0 aromatic rings. The molecule has 0 radical (unpaired) electrons. The number of hydrogen-bond acceptors (Lipinski definition) is 3. The van der Waals surface area contributed by atoms with Crippen LogP contribution in [0.15, 0.2) is 11.6 Å². The van der Waals surface area contributed by atoms with Gasteiger partial charge in [0, 0.05) is 7.11 Å². The van der Waals surface area contributed by atoms with E-state index in [-0.39, 0.29) is 10.8 Å². The first-order chi connectivity index (χ1) is 16.1. The third kappa shape index (κ3) is 3.92. The van der Waals surface area contributed by atoms with Crippen molar-refractivity contribution in [2.75, 3.05) is 7.11 Å². The standard InChI is InChI=1S/C32H56O3/c1-20(19-25(33)27(34)29(5,6)35-10)22-14-17-32(9)24-11-12-26-28(3,4)21(2)13-16-30(26,7)23(24)15-18-31(22,32)8/h11,20-23,25-27,33-34H,12-19H2,1-10H3/t20-,21+,22-,23?,25+,26?,27+,30+,31-,32+/m0/s1. The summed E-state index contributed by atoms with van der Waals surface area (Å²) in [6, 6.07) is 0. The van der Waals surface area contributed by atoms with Crippen molar-refractivity contribution in [2.24, 2.45) is 51.2 Å². The number of aliphatic hydroxyl groups is 2. The zero-order valence-corrected chi connectivity index (χ0v) is 24.6. The Labute approximate surface area is 216 Å². The normalized spacial score (nSPS) is 45.5. The summed E-state index contributed by atoms with van der Waals surface area (Å²) in [6.45, 7) is 21.4. The molecule has 3 nitrogen and oxygen atoms in total. The van der Waals surface area contributed by atoms with E-state index in [9.17, 15) is 10.2 Å². The molecule has 3 fully saturated rings. The third-order valence-corrected chi connectivity index (χ3v) is 13.4. The smallest absolute Gasteiger partial charge is 0.108 e. The average molecular weight is 489 g/mol. The molecule has 202 valence electrons. The van der Waals surface area contributed by atoms with E-state index in [0.717, 1.165) is 17.8 Å². The first-order valence-corrected chi connectivity index (χ1v) is 14.7. The van der Waals surface area contributed by atoms with Crippen LogP contribution in [0.1, 0.15) is 114 Å². The maximum Gasteiger partial charge on any atom is 0.108 e. The molecule has 0 aliphatic heterocycles. The maximum atomic E-state index is 10.9. The average Bonchev–Trinajstić information content (AvgIpc) is 3.07. The monoisotopic (exact) mass is 488 g/mol. The number of aliphatic hydroxyl groups excluding tert-OH is 2. The van der Waals surface area contributed by atoms with Gasteiger partial charge < -0.3 is 14.9 Å². The molecule has 4 aliphatic carbocycles. The number of allylic oxidation sites excluding steroid dienone is 2. The molecule has 3 heteroatoms. The van der Waals surface area contributed by atoms with Gasteiger partial charge in [0.05, 0.1) is 11.7 Å². The Morgan fingerprint density at radius 3 is 2.31 bits per heavy atom. The third-order valence-electron chi connectivity index (χ3n) is 13.4. The zero-order valence-electron chi connectivity index (χ0n) is 24.6. The summed E-state index contributed by atoms with van der Waals surface area (Å²) >= 11 is 0. The van der Waals surface area contributed by atoms with E-state index in [1.165, 1.54) is 44.9 Å². The second kappa shape index (κ2) is 8.84. The van der Waals surface area contributed by atoms with Crippen LogP contribution in [-0.4, -0.2) is 35.1 Å². The molecule has 4 rings (SSSR count). The van der Waals surface area contributed by atoms with Crippen LogP contribution in [-0.2, 0) is 4.74 Å². The van der Waals surface area contributed by atoms with Gasteiger partial charge in [-0.15, -0.1) is 0 Å². The van der Waals surface area contributed by atoms with Gasteiger partial charge in [0.1, 0.15) is 6.10 Å². The van der Waals surface area contributed by atoms with Crippen LogP contribution in [0.5, 0.6) is 0 Å². The van der Waals surface area contributed by atoms with E-state index in [0.29, 0.717) is 29.1 Å². The van der Waals surface area contributed by atoms with Crippen molar-refractivity contribution in [2.45, 2.75) is 131 Å². The zero-order chi connectivity index (χ0) is 26.2. The second-order valence-corrected chi connectivity index (χ2v) is 15.2. The van der Waals surface area contributed by atoms with E-state index in [1.54, 1.807) is 12.7 Å². The van der Waals surface area contributed by atoms with E-state index in [4.69, 9.17) is 4.74 Å². The first-order valence-electron chi connectivity index (χ1n) is 14.7. The molecule has 0 aromatic carbocycles. The van der Waals surface area contributed by atoms with Gasteiger partial charge in [-0.2, -0.15) is 0 Å². The lowest BCUT2D eigenvalue weighted by atomic mass is 9.40. The highest BCUT2D eigenvalue weighted by Crippen LogP contribution is 2.73. The summed E-state index contributed by atoms with van der Waals surface area (Å²) < 4.78 is 5.47. The number of rotatable bonds is 6. The van der Waals surface area contributed by atoms with Crippen LogP contribution in [0.2, 0.25) is 0 Å². The Bertz CT molecular complexity index is 829. The lowest BCUT2D eigenvalue weighted by Gasteiger charge is -2.64. The van der Waals surface area contributed by atoms with Crippen molar-refractivity contribution in [3.63, 3.8) is 0 Å². The maximum absolute atomic E-state index is 10.9. The molecule has 0 bridgehead atoms. The van der Waals surface area contributed by atoms with Gasteiger partial charge in [-0.05, 0) is 116 Å². The topological polar surface area (TPSA) is 49.7 Å². The Hall–Kier alpha value is -0.380. The van der Waals surface area contributed by atoms with Crippen molar-refractivity contribution >= 4 is 0 Å². The predicted molar refractivity (Wildman–Crippen MR) is 145 cm³/mol. The minimum atomic E-state index is -0.874. The van der Waals surface area contributed by atoms with E-state index in [1.807, 2.05) is 13.8 Å². The lowest BCUT2D eigenvalue weighted by molar-refractivity contribution is -0.132. The summed E-state index contributed by atoms with van der Waals surface area (Å²) in [5, 5.41) is 21.7. The quantitative estimate of drug-likeness (QED) is 0.383. The van der Waals surface area contributed by atoms with Gasteiger partial charge in [0.15, 0.2) is 0 Å². The summed E-state index contributed by atoms with van der Waals surface area (Å²) in [6.07, 6.45) is 10.9. The lowest BCUT2D eigenvalue weighted by Crippen LogP contribution is -2.56.